The molecule has 58 valence electrons. The molecule has 0 saturated heterocycles. The molecule has 2 nitrogen and oxygen atoms in total. The lowest BCUT2D eigenvalue weighted by atomic mass is 9.81. The van der Waals surface area contributed by atoms with Crippen molar-refractivity contribution in [3.8, 4) is 0 Å². The smallest absolute Gasteiger partial charge is 0.123 e. The van der Waals surface area contributed by atoms with Crippen LogP contribution in [0.5, 0.6) is 0 Å². The summed E-state index contributed by atoms with van der Waals surface area (Å²) in [6.07, 6.45) is 4.27. The van der Waals surface area contributed by atoms with E-state index in [1.165, 1.54) is 0 Å². The van der Waals surface area contributed by atoms with E-state index < -0.39 is 5.60 Å². The van der Waals surface area contributed by atoms with E-state index in [2.05, 4.69) is 0 Å². The normalized spacial score (nSPS) is 41.2. The molecule has 0 spiro atoms. The first-order chi connectivity index (χ1) is 4.64. The molecule has 1 rings (SSSR count). The number of aldehydes is 1. The van der Waals surface area contributed by atoms with Crippen molar-refractivity contribution in [1.29, 1.82) is 0 Å². The molecular formula is C8H14O2. The van der Waals surface area contributed by atoms with Crippen LogP contribution in [-0.4, -0.2) is 17.0 Å². The topological polar surface area (TPSA) is 37.3 Å². The first kappa shape index (κ1) is 7.73. The van der Waals surface area contributed by atoms with Crippen LogP contribution in [0.25, 0.3) is 0 Å². The second-order valence-corrected chi connectivity index (χ2v) is 3.47. The highest BCUT2D eigenvalue weighted by molar-refractivity contribution is 5.53. The van der Waals surface area contributed by atoms with Gasteiger partial charge >= 0.3 is 0 Å². The highest BCUT2D eigenvalue weighted by Gasteiger charge is 2.27. The molecule has 0 heterocycles. The third-order valence-electron chi connectivity index (χ3n) is 2.30. The van der Waals surface area contributed by atoms with Crippen molar-refractivity contribution in [2.45, 2.75) is 38.2 Å². The third kappa shape index (κ3) is 1.81. The number of carbonyl (C=O) groups is 1. The Kier molecular flexibility index (Phi) is 2.09. The molecule has 0 aromatic heterocycles. The van der Waals surface area contributed by atoms with Gasteiger partial charge in [0.25, 0.3) is 0 Å². The van der Waals surface area contributed by atoms with Crippen LogP contribution in [0, 0.1) is 5.92 Å². The van der Waals surface area contributed by atoms with Crippen molar-refractivity contribution in [2.75, 3.05) is 0 Å². The summed E-state index contributed by atoms with van der Waals surface area (Å²) in [5.41, 5.74) is -0.500. The lowest BCUT2D eigenvalue weighted by Crippen LogP contribution is -2.30. The number of rotatable bonds is 1. The van der Waals surface area contributed by atoms with Gasteiger partial charge in [0, 0.05) is 5.92 Å². The van der Waals surface area contributed by atoms with Crippen molar-refractivity contribution in [2.24, 2.45) is 5.92 Å². The van der Waals surface area contributed by atoms with Crippen molar-refractivity contribution in [3.63, 3.8) is 0 Å². The quantitative estimate of drug-likeness (QED) is 0.557. The molecule has 0 atom stereocenters. The van der Waals surface area contributed by atoms with Crippen LogP contribution >= 0.6 is 0 Å². The van der Waals surface area contributed by atoms with Crippen molar-refractivity contribution >= 4 is 6.29 Å². The summed E-state index contributed by atoms with van der Waals surface area (Å²) >= 11 is 0. The SMILES string of the molecule is C[C@]1(O)CC[C@@H](C=O)CC1. The molecule has 1 saturated carbocycles. The third-order valence-corrected chi connectivity index (χ3v) is 2.30. The average molecular weight is 142 g/mol. The maximum absolute atomic E-state index is 10.3. The van der Waals surface area contributed by atoms with Crippen LogP contribution in [-0.2, 0) is 4.79 Å². The Balaban J connectivity index is 2.38. The summed E-state index contributed by atoms with van der Waals surface area (Å²) in [6, 6.07) is 0. The maximum atomic E-state index is 10.3. The Morgan fingerprint density at radius 1 is 1.50 bits per heavy atom. The molecule has 1 N–H and O–H groups in total. The van der Waals surface area contributed by atoms with E-state index in [1.54, 1.807) is 0 Å². The summed E-state index contributed by atoms with van der Waals surface area (Å²) in [5.74, 6) is 0.209. The fourth-order valence-electron chi connectivity index (χ4n) is 1.40. The van der Waals surface area contributed by atoms with Crippen LogP contribution < -0.4 is 0 Å². The molecule has 0 aliphatic heterocycles. The van der Waals surface area contributed by atoms with E-state index in [-0.39, 0.29) is 5.92 Å². The van der Waals surface area contributed by atoms with E-state index in [0.29, 0.717) is 0 Å². The number of carbonyl (C=O) groups excluding carboxylic acids is 1. The Hall–Kier alpha value is -0.370. The molecular weight excluding hydrogens is 128 g/mol. The van der Waals surface area contributed by atoms with Gasteiger partial charge in [-0.1, -0.05) is 0 Å². The number of hydrogen-bond acceptors (Lipinski definition) is 2. The molecule has 0 aromatic rings. The Morgan fingerprint density at radius 3 is 2.40 bits per heavy atom. The van der Waals surface area contributed by atoms with E-state index in [0.717, 1.165) is 32.0 Å². The predicted molar refractivity (Wildman–Crippen MR) is 38.6 cm³/mol. The summed E-state index contributed by atoms with van der Waals surface area (Å²) in [7, 11) is 0. The summed E-state index contributed by atoms with van der Waals surface area (Å²) in [5, 5.41) is 9.47. The zero-order valence-corrected chi connectivity index (χ0v) is 6.34. The first-order valence-corrected chi connectivity index (χ1v) is 3.82. The second-order valence-electron chi connectivity index (χ2n) is 3.47. The zero-order valence-electron chi connectivity index (χ0n) is 6.34. The summed E-state index contributed by atoms with van der Waals surface area (Å²) < 4.78 is 0. The van der Waals surface area contributed by atoms with Gasteiger partial charge in [0.15, 0.2) is 0 Å². The number of aliphatic hydroxyl groups is 1. The largest absolute Gasteiger partial charge is 0.390 e. The zero-order chi connectivity index (χ0) is 7.61. The van der Waals surface area contributed by atoms with E-state index >= 15 is 0 Å². The Labute approximate surface area is 61.2 Å². The van der Waals surface area contributed by atoms with Crippen molar-refractivity contribution < 1.29 is 9.90 Å². The Morgan fingerprint density at radius 2 is 2.00 bits per heavy atom. The summed E-state index contributed by atoms with van der Waals surface area (Å²) in [4.78, 5) is 10.3. The molecule has 0 amide bonds. The molecule has 1 aliphatic rings. The van der Waals surface area contributed by atoms with Gasteiger partial charge in [0.2, 0.25) is 0 Å². The van der Waals surface area contributed by atoms with Crippen LogP contribution in [0.15, 0.2) is 0 Å². The van der Waals surface area contributed by atoms with E-state index in [9.17, 15) is 9.90 Å². The van der Waals surface area contributed by atoms with Crippen LogP contribution in [0.2, 0.25) is 0 Å². The van der Waals surface area contributed by atoms with Crippen LogP contribution in [0.4, 0.5) is 0 Å². The maximum Gasteiger partial charge on any atom is 0.123 e. The number of hydrogen-bond donors (Lipinski definition) is 1. The molecule has 1 aliphatic carbocycles. The molecule has 1 fully saturated rings. The van der Waals surface area contributed by atoms with Gasteiger partial charge in [-0.05, 0) is 32.6 Å². The Bertz CT molecular complexity index is 119. The minimum Gasteiger partial charge on any atom is -0.390 e. The van der Waals surface area contributed by atoms with Gasteiger partial charge in [0.1, 0.15) is 6.29 Å². The molecule has 2 heteroatoms. The van der Waals surface area contributed by atoms with E-state index in [1.807, 2.05) is 6.92 Å². The minimum atomic E-state index is -0.500. The van der Waals surface area contributed by atoms with Crippen molar-refractivity contribution in [1.82, 2.24) is 0 Å². The average Bonchev–Trinajstić information content (AvgIpc) is 1.88. The monoisotopic (exact) mass is 142 g/mol. The molecule has 0 bridgehead atoms. The van der Waals surface area contributed by atoms with Crippen LogP contribution in [0.3, 0.4) is 0 Å². The van der Waals surface area contributed by atoms with Crippen LogP contribution in [0.1, 0.15) is 32.6 Å². The van der Waals surface area contributed by atoms with Gasteiger partial charge in [-0.15, -0.1) is 0 Å². The second kappa shape index (κ2) is 2.70. The standard InChI is InChI=1S/C8H14O2/c1-8(10)4-2-7(6-9)3-5-8/h6-7,10H,2-5H2,1H3/t7-,8+. The lowest BCUT2D eigenvalue weighted by Gasteiger charge is -2.30. The highest BCUT2D eigenvalue weighted by atomic mass is 16.3. The van der Waals surface area contributed by atoms with E-state index in [4.69, 9.17) is 0 Å². The highest BCUT2D eigenvalue weighted by Crippen LogP contribution is 2.30. The molecule has 0 aromatic carbocycles. The molecule has 0 unspecified atom stereocenters. The van der Waals surface area contributed by atoms with Crippen molar-refractivity contribution in [3.05, 3.63) is 0 Å². The fraction of sp³-hybridized carbons (Fsp3) is 0.875. The van der Waals surface area contributed by atoms with Gasteiger partial charge < -0.3 is 9.90 Å². The minimum absolute atomic E-state index is 0.209. The lowest BCUT2D eigenvalue weighted by molar-refractivity contribution is -0.113. The fourth-order valence-corrected chi connectivity index (χ4v) is 1.40. The first-order valence-electron chi connectivity index (χ1n) is 3.82. The summed E-state index contributed by atoms with van der Waals surface area (Å²) in [6.45, 7) is 1.84. The molecule has 10 heavy (non-hydrogen) atoms. The van der Waals surface area contributed by atoms with Gasteiger partial charge in [0.05, 0.1) is 5.60 Å². The van der Waals surface area contributed by atoms with Gasteiger partial charge in [-0.2, -0.15) is 0 Å². The predicted octanol–water partition coefficient (Wildman–Crippen LogP) is 1.13. The molecule has 0 radical (unpaired) electrons. The van der Waals surface area contributed by atoms with Gasteiger partial charge in [-0.3, -0.25) is 0 Å². The van der Waals surface area contributed by atoms with Gasteiger partial charge in [-0.25, -0.2) is 0 Å².